The Bertz CT molecular complexity index is 776. The van der Waals surface area contributed by atoms with Crippen LogP contribution in [0.1, 0.15) is 33.8 Å². The fraction of sp³-hybridized carbons (Fsp3) is 0.333. The molecule has 2 aromatic rings. The maximum absolute atomic E-state index is 12.7. The molecule has 0 unspecified atom stereocenters. The number of carbonyl (C=O) groups excluding carboxylic acids is 2. The summed E-state index contributed by atoms with van der Waals surface area (Å²) in [6.07, 6.45) is 0.964. The molecular weight excluding hydrogens is 328 g/mol. The summed E-state index contributed by atoms with van der Waals surface area (Å²) in [7, 11) is 0. The van der Waals surface area contributed by atoms with E-state index in [4.69, 9.17) is 5.73 Å². The lowest BCUT2D eigenvalue weighted by Gasteiger charge is -2.38. The van der Waals surface area contributed by atoms with Crippen molar-refractivity contribution in [3.05, 3.63) is 71.3 Å². The van der Waals surface area contributed by atoms with Gasteiger partial charge in [-0.3, -0.25) is 9.59 Å². The van der Waals surface area contributed by atoms with Crippen LogP contribution in [0.4, 0.5) is 0 Å². The summed E-state index contributed by atoms with van der Waals surface area (Å²) in [5, 5.41) is 9.83. The Morgan fingerprint density at radius 1 is 1.08 bits per heavy atom. The number of nitrogens with two attached hydrogens (primary N) is 1. The molecule has 1 aliphatic heterocycles. The first kappa shape index (κ1) is 18.1. The fourth-order valence-electron chi connectivity index (χ4n) is 3.77. The molecule has 1 fully saturated rings. The van der Waals surface area contributed by atoms with Crippen molar-refractivity contribution < 1.29 is 14.7 Å². The highest BCUT2D eigenvalue weighted by Crippen LogP contribution is 2.33. The minimum atomic E-state index is -0.524. The molecule has 2 amide bonds. The van der Waals surface area contributed by atoms with Crippen LogP contribution in [0, 0.1) is 5.92 Å². The van der Waals surface area contributed by atoms with Gasteiger partial charge in [0.25, 0.3) is 0 Å². The first-order valence-corrected chi connectivity index (χ1v) is 8.91. The van der Waals surface area contributed by atoms with Gasteiger partial charge < -0.3 is 15.7 Å². The van der Waals surface area contributed by atoms with E-state index >= 15 is 0 Å². The van der Waals surface area contributed by atoms with Gasteiger partial charge in [-0.15, -0.1) is 0 Å². The summed E-state index contributed by atoms with van der Waals surface area (Å²) >= 11 is 0. The Hall–Kier alpha value is -2.66. The van der Waals surface area contributed by atoms with Gasteiger partial charge in [-0.05, 0) is 29.5 Å². The van der Waals surface area contributed by atoms with Gasteiger partial charge in [-0.2, -0.15) is 0 Å². The molecule has 5 heteroatoms. The Kier molecular flexibility index (Phi) is 5.68. The summed E-state index contributed by atoms with van der Waals surface area (Å²) in [4.78, 5) is 26.1. The molecule has 5 nitrogen and oxygen atoms in total. The van der Waals surface area contributed by atoms with E-state index < -0.39 is 5.91 Å². The summed E-state index contributed by atoms with van der Waals surface area (Å²) in [5.41, 5.74) is 7.64. The number of rotatable bonds is 5. The summed E-state index contributed by atoms with van der Waals surface area (Å²) < 4.78 is 0. The van der Waals surface area contributed by atoms with Gasteiger partial charge in [-0.1, -0.05) is 48.5 Å². The molecule has 26 heavy (non-hydrogen) atoms. The fourth-order valence-corrected chi connectivity index (χ4v) is 3.77. The monoisotopic (exact) mass is 352 g/mol. The summed E-state index contributed by atoms with van der Waals surface area (Å²) in [6, 6.07) is 17.1. The van der Waals surface area contributed by atoms with Gasteiger partial charge in [0.15, 0.2) is 0 Å². The predicted molar refractivity (Wildman–Crippen MR) is 99.6 cm³/mol. The third-order valence-electron chi connectivity index (χ3n) is 5.17. The zero-order valence-electron chi connectivity index (χ0n) is 14.7. The van der Waals surface area contributed by atoms with Crippen LogP contribution in [0.2, 0.25) is 0 Å². The van der Waals surface area contributed by atoms with Crippen molar-refractivity contribution in [2.75, 3.05) is 19.7 Å². The van der Waals surface area contributed by atoms with Crippen LogP contribution in [0.15, 0.2) is 54.6 Å². The van der Waals surface area contributed by atoms with E-state index in [1.807, 2.05) is 18.2 Å². The lowest BCUT2D eigenvalue weighted by molar-refractivity contribution is -0.132. The van der Waals surface area contributed by atoms with Crippen LogP contribution in [0.3, 0.4) is 0 Å². The normalized spacial score (nSPS) is 20.0. The van der Waals surface area contributed by atoms with E-state index in [1.165, 1.54) is 5.56 Å². The maximum atomic E-state index is 12.7. The molecule has 0 saturated carbocycles. The van der Waals surface area contributed by atoms with E-state index in [1.54, 1.807) is 29.2 Å². The third kappa shape index (κ3) is 3.94. The number of primary amides is 1. The largest absolute Gasteiger partial charge is 0.396 e. The van der Waals surface area contributed by atoms with E-state index in [2.05, 4.69) is 12.1 Å². The highest BCUT2D eigenvalue weighted by Gasteiger charge is 2.32. The molecule has 136 valence electrons. The van der Waals surface area contributed by atoms with Crippen molar-refractivity contribution in [1.82, 2.24) is 4.90 Å². The van der Waals surface area contributed by atoms with Gasteiger partial charge in [-0.25, -0.2) is 0 Å². The van der Waals surface area contributed by atoms with Crippen LogP contribution in [-0.2, 0) is 11.2 Å². The van der Waals surface area contributed by atoms with Crippen LogP contribution in [0.25, 0.3) is 0 Å². The van der Waals surface area contributed by atoms with Crippen molar-refractivity contribution in [3.8, 4) is 0 Å². The molecule has 1 aliphatic rings. The molecule has 2 aromatic carbocycles. The highest BCUT2D eigenvalue weighted by molar-refractivity contribution is 5.95. The molecule has 3 N–H and O–H groups in total. The molecule has 0 radical (unpaired) electrons. The Labute approximate surface area is 153 Å². The number of aliphatic hydroxyl groups excluding tert-OH is 1. The number of hydrogen-bond acceptors (Lipinski definition) is 3. The number of aliphatic hydroxyl groups is 1. The minimum absolute atomic E-state index is 0.0153. The van der Waals surface area contributed by atoms with E-state index in [0.29, 0.717) is 24.2 Å². The second kappa shape index (κ2) is 8.15. The van der Waals surface area contributed by atoms with E-state index in [9.17, 15) is 14.7 Å². The number of piperidine rings is 1. The van der Waals surface area contributed by atoms with Crippen molar-refractivity contribution in [3.63, 3.8) is 0 Å². The molecule has 0 aromatic heterocycles. The van der Waals surface area contributed by atoms with Gasteiger partial charge in [0.05, 0.1) is 6.42 Å². The van der Waals surface area contributed by atoms with Gasteiger partial charge in [0.2, 0.25) is 11.8 Å². The summed E-state index contributed by atoms with van der Waals surface area (Å²) in [5.74, 6) is -0.294. The number of nitrogens with zero attached hydrogens (tertiary/aromatic N) is 1. The average molecular weight is 352 g/mol. The Morgan fingerprint density at radius 3 is 2.46 bits per heavy atom. The Balaban J connectivity index is 1.70. The highest BCUT2D eigenvalue weighted by atomic mass is 16.3. The molecule has 3 rings (SSSR count). The standard InChI is InChI=1S/C21H24N2O3/c22-21(26)19-9-5-4-8-16(19)12-20(25)23-11-10-18(17(13-23)14-24)15-6-2-1-3-7-15/h1-9,17-18,24H,10-14H2,(H2,22,26)/t17-,18+/m1/s1. The first-order valence-electron chi connectivity index (χ1n) is 8.91. The smallest absolute Gasteiger partial charge is 0.248 e. The lowest BCUT2D eigenvalue weighted by Crippen LogP contribution is -2.45. The van der Waals surface area contributed by atoms with Gasteiger partial charge in [0, 0.05) is 31.2 Å². The molecule has 2 atom stereocenters. The minimum Gasteiger partial charge on any atom is -0.396 e. The maximum Gasteiger partial charge on any atom is 0.248 e. The quantitative estimate of drug-likeness (QED) is 0.863. The number of hydrogen-bond donors (Lipinski definition) is 2. The lowest BCUT2D eigenvalue weighted by atomic mass is 9.81. The van der Waals surface area contributed by atoms with Crippen LogP contribution in [0.5, 0.6) is 0 Å². The zero-order chi connectivity index (χ0) is 18.5. The van der Waals surface area contributed by atoms with Gasteiger partial charge >= 0.3 is 0 Å². The number of likely N-dealkylation sites (tertiary alicyclic amines) is 1. The van der Waals surface area contributed by atoms with Crippen LogP contribution < -0.4 is 5.73 Å². The molecule has 0 spiro atoms. The second-order valence-corrected chi connectivity index (χ2v) is 6.79. The first-order chi connectivity index (χ1) is 12.6. The zero-order valence-corrected chi connectivity index (χ0v) is 14.7. The second-order valence-electron chi connectivity index (χ2n) is 6.79. The van der Waals surface area contributed by atoms with Gasteiger partial charge in [0.1, 0.15) is 0 Å². The number of amides is 2. The predicted octanol–water partition coefficient (Wildman–Crippen LogP) is 1.95. The van der Waals surface area contributed by atoms with Crippen LogP contribution >= 0.6 is 0 Å². The Morgan fingerprint density at radius 2 is 1.77 bits per heavy atom. The van der Waals surface area contributed by atoms with Crippen molar-refractivity contribution >= 4 is 11.8 Å². The van der Waals surface area contributed by atoms with Crippen LogP contribution in [-0.4, -0.2) is 41.5 Å². The van der Waals surface area contributed by atoms with Crippen molar-refractivity contribution in [2.24, 2.45) is 11.7 Å². The molecular formula is C21H24N2O3. The summed E-state index contributed by atoms with van der Waals surface area (Å²) in [6.45, 7) is 1.21. The van der Waals surface area contributed by atoms with Crippen molar-refractivity contribution in [2.45, 2.75) is 18.8 Å². The molecule has 0 aliphatic carbocycles. The SMILES string of the molecule is NC(=O)c1ccccc1CC(=O)N1CC[C@@H](c2ccccc2)[C@@H](CO)C1. The topological polar surface area (TPSA) is 83.6 Å². The third-order valence-corrected chi connectivity index (χ3v) is 5.17. The van der Waals surface area contributed by atoms with Crippen molar-refractivity contribution in [1.29, 1.82) is 0 Å². The molecule has 0 bridgehead atoms. The molecule has 1 saturated heterocycles. The molecule has 1 heterocycles. The number of benzene rings is 2. The number of carbonyl (C=O) groups is 2. The average Bonchev–Trinajstić information content (AvgIpc) is 2.68. The van der Waals surface area contributed by atoms with E-state index in [-0.39, 0.29) is 30.8 Å². The van der Waals surface area contributed by atoms with E-state index in [0.717, 1.165) is 6.42 Å².